The highest BCUT2D eigenvalue weighted by Gasteiger charge is 2.40. The van der Waals surface area contributed by atoms with Gasteiger partial charge < -0.3 is 37.8 Å². The van der Waals surface area contributed by atoms with Crippen LogP contribution in [0.4, 0.5) is 0 Å². The molecule has 180 valence electrons. The van der Waals surface area contributed by atoms with Gasteiger partial charge in [0.05, 0.1) is 18.9 Å². The molecule has 1 saturated heterocycles. The summed E-state index contributed by atoms with van der Waals surface area (Å²) in [4.78, 5) is 73.2. The topological polar surface area (TPSA) is 228 Å². The number of carbonyl (C=O) groups is 6. The summed E-state index contributed by atoms with van der Waals surface area (Å²) in [7, 11) is 0. The Bertz CT molecular complexity index is 758. The zero-order valence-electron chi connectivity index (χ0n) is 18.2. The first-order valence-corrected chi connectivity index (χ1v) is 10.3. The number of carboxylic acids is 1. The average Bonchev–Trinajstić information content (AvgIpc) is 3.18. The van der Waals surface area contributed by atoms with Crippen LogP contribution in [-0.4, -0.2) is 76.2 Å². The van der Waals surface area contributed by atoms with Crippen LogP contribution < -0.4 is 27.8 Å². The van der Waals surface area contributed by atoms with E-state index in [4.69, 9.17) is 17.2 Å². The van der Waals surface area contributed by atoms with Crippen molar-refractivity contribution in [1.82, 2.24) is 15.5 Å². The van der Waals surface area contributed by atoms with Crippen molar-refractivity contribution in [2.75, 3.05) is 6.54 Å². The van der Waals surface area contributed by atoms with Crippen LogP contribution in [0.25, 0.3) is 0 Å². The molecule has 13 heteroatoms. The Hall–Kier alpha value is -3.22. The highest BCUT2D eigenvalue weighted by molar-refractivity contribution is 5.97. The van der Waals surface area contributed by atoms with Gasteiger partial charge in [-0.2, -0.15) is 0 Å². The van der Waals surface area contributed by atoms with Gasteiger partial charge in [0.15, 0.2) is 0 Å². The van der Waals surface area contributed by atoms with Gasteiger partial charge in [0.25, 0.3) is 0 Å². The van der Waals surface area contributed by atoms with Gasteiger partial charge >= 0.3 is 5.97 Å². The highest BCUT2D eigenvalue weighted by Crippen LogP contribution is 2.20. The molecular weight excluding hydrogens is 424 g/mol. The summed E-state index contributed by atoms with van der Waals surface area (Å²) in [6.45, 7) is 3.64. The summed E-state index contributed by atoms with van der Waals surface area (Å²) >= 11 is 0. The number of primary amides is 2. The summed E-state index contributed by atoms with van der Waals surface area (Å²) < 4.78 is 0. The van der Waals surface area contributed by atoms with E-state index in [9.17, 15) is 33.9 Å². The highest BCUT2D eigenvalue weighted by atomic mass is 16.4. The molecule has 5 amide bonds. The minimum absolute atomic E-state index is 0.163. The molecule has 1 aliphatic heterocycles. The van der Waals surface area contributed by atoms with E-state index in [-0.39, 0.29) is 18.9 Å². The van der Waals surface area contributed by atoms with Gasteiger partial charge in [0.1, 0.15) is 18.1 Å². The van der Waals surface area contributed by atoms with Crippen LogP contribution in [0.2, 0.25) is 0 Å². The number of nitrogens with one attached hydrogen (secondary N) is 2. The van der Waals surface area contributed by atoms with Crippen molar-refractivity contribution in [3.8, 4) is 0 Å². The summed E-state index contributed by atoms with van der Waals surface area (Å²) in [5.74, 6) is -5.49. The first-order chi connectivity index (χ1) is 14.9. The predicted molar refractivity (Wildman–Crippen MR) is 111 cm³/mol. The molecule has 0 aromatic heterocycles. The van der Waals surface area contributed by atoms with Gasteiger partial charge in [-0.3, -0.25) is 24.0 Å². The number of carboxylic acid groups (broad SMARTS) is 1. The maximum absolute atomic E-state index is 13.1. The van der Waals surface area contributed by atoms with Crippen LogP contribution in [0.5, 0.6) is 0 Å². The summed E-state index contributed by atoms with van der Waals surface area (Å²) in [5, 5.41) is 14.2. The number of rotatable bonds is 12. The second kappa shape index (κ2) is 12.0. The molecule has 5 unspecified atom stereocenters. The van der Waals surface area contributed by atoms with Crippen molar-refractivity contribution in [2.45, 2.75) is 70.1 Å². The number of carbonyl (C=O) groups excluding carboxylic acids is 5. The number of amides is 5. The molecule has 32 heavy (non-hydrogen) atoms. The lowest BCUT2D eigenvalue weighted by Crippen LogP contribution is -2.58. The van der Waals surface area contributed by atoms with E-state index in [1.807, 2.05) is 0 Å². The molecule has 0 aromatic carbocycles. The second-order valence-electron chi connectivity index (χ2n) is 7.91. The van der Waals surface area contributed by atoms with Gasteiger partial charge in [0.2, 0.25) is 29.5 Å². The van der Waals surface area contributed by atoms with Gasteiger partial charge in [0, 0.05) is 6.54 Å². The second-order valence-corrected chi connectivity index (χ2v) is 7.91. The number of likely N-dealkylation sites (tertiary alicyclic amines) is 1. The maximum atomic E-state index is 13.1. The number of hydrogen-bond acceptors (Lipinski definition) is 7. The smallest absolute Gasteiger partial charge is 0.326 e. The molecule has 0 aliphatic carbocycles. The zero-order chi connectivity index (χ0) is 24.6. The third-order valence-corrected chi connectivity index (χ3v) is 5.39. The molecule has 5 atom stereocenters. The van der Waals surface area contributed by atoms with Crippen molar-refractivity contribution in [2.24, 2.45) is 23.1 Å². The maximum Gasteiger partial charge on any atom is 0.326 e. The minimum Gasteiger partial charge on any atom is -0.480 e. The number of aliphatic carboxylic acids is 1. The summed E-state index contributed by atoms with van der Waals surface area (Å²) in [6, 6.07) is -4.84. The Morgan fingerprint density at radius 2 is 1.66 bits per heavy atom. The Morgan fingerprint density at radius 1 is 1.06 bits per heavy atom. The Labute approximate surface area is 185 Å². The van der Waals surface area contributed by atoms with Gasteiger partial charge in [-0.1, -0.05) is 20.3 Å². The Morgan fingerprint density at radius 3 is 2.16 bits per heavy atom. The van der Waals surface area contributed by atoms with Crippen molar-refractivity contribution >= 4 is 35.5 Å². The van der Waals surface area contributed by atoms with E-state index in [2.05, 4.69) is 10.6 Å². The standard InChI is InChI=1S/C19H32N6O7/c1-3-9(2)15(19(31)32)24-17(29)12-5-4-6-25(12)18(30)11(8-14(22)27)23-16(28)10(20)7-13(21)26/h9-12,15H,3-8,20H2,1-2H3,(H2,21,26)(H2,22,27)(H,23,28)(H,24,29)(H,31,32). The monoisotopic (exact) mass is 456 g/mol. The van der Waals surface area contributed by atoms with E-state index in [0.717, 1.165) is 0 Å². The van der Waals surface area contributed by atoms with E-state index in [1.165, 1.54) is 4.90 Å². The lowest BCUT2D eigenvalue weighted by Gasteiger charge is -2.30. The normalized spacial score (nSPS) is 19.3. The van der Waals surface area contributed by atoms with Crippen LogP contribution in [0.15, 0.2) is 0 Å². The molecule has 1 aliphatic rings. The SMILES string of the molecule is CCC(C)C(NC(=O)C1CCCN1C(=O)C(CC(N)=O)NC(=O)C(N)CC(N)=O)C(=O)O. The van der Waals surface area contributed by atoms with Gasteiger partial charge in [-0.15, -0.1) is 0 Å². The van der Waals surface area contributed by atoms with E-state index < -0.39 is 72.5 Å². The first-order valence-electron chi connectivity index (χ1n) is 10.3. The molecule has 0 saturated carbocycles. The molecule has 1 rings (SSSR count). The van der Waals surface area contributed by atoms with E-state index >= 15 is 0 Å². The predicted octanol–water partition coefficient (Wildman–Crippen LogP) is -2.84. The van der Waals surface area contributed by atoms with Crippen LogP contribution in [0, 0.1) is 5.92 Å². The fourth-order valence-electron chi connectivity index (χ4n) is 3.43. The van der Waals surface area contributed by atoms with Crippen molar-refractivity contribution in [3.05, 3.63) is 0 Å². The first kappa shape index (κ1) is 26.8. The van der Waals surface area contributed by atoms with Gasteiger partial charge in [-0.05, 0) is 18.8 Å². The van der Waals surface area contributed by atoms with Crippen LogP contribution in [-0.2, 0) is 28.8 Å². The van der Waals surface area contributed by atoms with Gasteiger partial charge in [-0.25, -0.2) is 4.79 Å². The molecule has 1 heterocycles. The van der Waals surface area contributed by atoms with Crippen molar-refractivity contribution in [1.29, 1.82) is 0 Å². The molecule has 0 radical (unpaired) electrons. The number of hydrogen-bond donors (Lipinski definition) is 6. The Kier molecular flexibility index (Phi) is 10.0. The lowest BCUT2D eigenvalue weighted by atomic mass is 9.98. The molecule has 13 nitrogen and oxygen atoms in total. The average molecular weight is 457 g/mol. The van der Waals surface area contributed by atoms with E-state index in [0.29, 0.717) is 12.8 Å². The molecule has 9 N–H and O–H groups in total. The zero-order valence-corrected chi connectivity index (χ0v) is 18.2. The largest absolute Gasteiger partial charge is 0.480 e. The fraction of sp³-hybridized carbons (Fsp3) is 0.684. The summed E-state index contributed by atoms with van der Waals surface area (Å²) in [6.07, 6.45) is 0.239. The molecule has 0 aromatic rings. The van der Waals surface area contributed by atoms with Crippen molar-refractivity contribution in [3.63, 3.8) is 0 Å². The number of nitrogens with two attached hydrogens (primary N) is 3. The third-order valence-electron chi connectivity index (χ3n) is 5.39. The van der Waals surface area contributed by atoms with E-state index in [1.54, 1.807) is 13.8 Å². The van der Waals surface area contributed by atoms with Crippen LogP contribution in [0.1, 0.15) is 46.0 Å². The minimum atomic E-state index is -1.41. The molecule has 0 spiro atoms. The number of nitrogens with zero attached hydrogens (tertiary/aromatic N) is 1. The fourth-order valence-corrected chi connectivity index (χ4v) is 3.43. The van der Waals surface area contributed by atoms with Crippen LogP contribution in [0.3, 0.4) is 0 Å². The molecule has 0 bridgehead atoms. The summed E-state index contributed by atoms with van der Waals surface area (Å²) in [5.41, 5.74) is 15.8. The van der Waals surface area contributed by atoms with Crippen molar-refractivity contribution < 1.29 is 33.9 Å². The Balaban J connectivity index is 2.99. The lowest BCUT2D eigenvalue weighted by molar-refractivity contribution is -0.146. The molecular formula is C19H32N6O7. The quantitative estimate of drug-likeness (QED) is 0.179. The molecule has 1 fully saturated rings. The van der Waals surface area contributed by atoms with Crippen LogP contribution >= 0.6 is 0 Å². The third kappa shape index (κ3) is 7.48.